The Morgan fingerprint density at radius 3 is 2.19 bits per heavy atom. The number of aryl methyl sites for hydroxylation is 2. The van der Waals surface area contributed by atoms with Crippen molar-refractivity contribution < 1.29 is 9.66 Å². The van der Waals surface area contributed by atoms with E-state index in [-0.39, 0.29) is 23.5 Å². The average Bonchev–Trinajstić information content (AvgIpc) is 2.87. The van der Waals surface area contributed by atoms with Crippen LogP contribution in [-0.2, 0) is 0 Å². The molecular weight excluding hydrogens is 460 g/mol. The summed E-state index contributed by atoms with van der Waals surface area (Å²) >= 11 is 0. The molecule has 0 saturated heterocycles. The molecule has 0 aliphatic heterocycles. The molecule has 36 heavy (non-hydrogen) atoms. The van der Waals surface area contributed by atoms with Crippen LogP contribution in [0, 0.1) is 24.0 Å². The Balaban J connectivity index is 1.59. The molecule has 182 valence electrons. The standard InChI is InChI=1S/C25H24N8O3/c1-16-7-8-20(13-17(16)2)28-24-29-23(27-19-9-11-21(12-10-19)33(34)35)30-25(31-24)32-26-15-18-5-4-6-22(14-18)36-3/h4-15H,1-3H3,(H3,27,28,29,30,31,32)/b26-15+. The van der Waals surface area contributed by atoms with E-state index in [1.165, 1.54) is 17.7 Å². The van der Waals surface area contributed by atoms with Crippen LogP contribution in [-0.4, -0.2) is 33.2 Å². The summed E-state index contributed by atoms with van der Waals surface area (Å²) in [6.45, 7) is 4.06. The van der Waals surface area contributed by atoms with Gasteiger partial charge in [0.2, 0.25) is 17.8 Å². The van der Waals surface area contributed by atoms with Crippen molar-refractivity contribution in [1.82, 2.24) is 15.0 Å². The van der Waals surface area contributed by atoms with Crippen LogP contribution in [0.25, 0.3) is 0 Å². The highest BCUT2D eigenvalue weighted by Gasteiger charge is 2.10. The predicted octanol–water partition coefficient (Wildman–Crippen LogP) is 5.34. The number of hydrogen-bond donors (Lipinski definition) is 3. The summed E-state index contributed by atoms with van der Waals surface area (Å²) in [5, 5.41) is 21.4. The molecule has 3 aromatic carbocycles. The zero-order valence-electron chi connectivity index (χ0n) is 19.9. The van der Waals surface area contributed by atoms with Gasteiger partial charge in [-0.2, -0.15) is 20.1 Å². The van der Waals surface area contributed by atoms with Gasteiger partial charge in [-0.25, -0.2) is 5.43 Å². The molecule has 0 radical (unpaired) electrons. The number of hydrogen-bond acceptors (Lipinski definition) is 10. The number of nitro groups is 1. The van der Waals surface area contributed by atoms with Gasteiger partial charge in [0.15, 0.2) is 0 Å². The maximum Gasteiger partial charge on any atom is 0.269 e. The number of nitrogens with zero attached hydrogens (tertiary/aromatic N) is 5. The molecule has 4 aromatic rings. The Bertz CT molecular complexity index is 1410. The number of nitrogens with one attached hydrogen (secondary N) is 3. The average molecular weight is 485 g/mol. The molecule has 0 aliphatic carbocycles. The fourth-order valence-electron chi connectivity index (χ4n) is 3.17. The van der Waals surface area contributed by atoms with Crippen LogP contribution in [0.1, 0.15) is 16.7 Å². The first kappa shape index (κ1) is 24.1. The highest BCUT2D eigenvalue weighted by molar-refractivity contribution is 5.80. The van der Waals surface area contributed by atoms with E-state index in [1.807, 2.05) is 56.3 Å². The lowest BCUT2D eigenvalue weighted by molar-refractivity contribution is -0.384. The second-order valence-electron chi connectivity index (χ2n) is 7.81. The summed E-state index contributed by atoms with van der Waals surface area (Å²) in [5.41, 5.74) is 7.33. The van der Waals surface area contributed by atoms with E-state index < -0.39 is 4.92 Å². The smallest absolute Gasteiger partial charge is 0.269 e. The monoisotopic (exact) mass is 484 g/mol. The van der Waals surface area contributed by atoms with Gasteiger partial charge in [-0.1, -0.05) is 18.2 Å². The van der Waals surface area contributed by atoms with Gasteiger partial charge in [-0.3, -0.25) is 10.1 Å². The van der Waals surface area contributed by atoms with Crippen molar-refractivity contribution in [2.75, 3.05) is 23.2 Å². The number of anilines is 5. The number of non-ortho nitro benzene ring substituents is 1. The molecule has 0 amide bonds. The zero-order valence-corrected chi connectivity index (χ0v) is 19.9. The molecule has 0 bridgehead atoms. The maximum atomic E-state index is 10.9. The number of aromatic nitrogens is 3. The lowest BCUT2D eigenvalue weighted by atomic mass is 10.1. The minimum Gasteiger partial charge on any atom is -0.497 e. The number of hydrazone groups is 1. The van der Waals surface area contributed by atoms with Crippen LogP contribution in [0.3, 0.4) is 0 Å². The van der Waals surface area contributed by atoms with Gasteiger partial charge in [-0.05, 0) is 66.9 Å². The molecule has 0 atom stereocenters. The largest absolute Gasteiger partial charge is 0.497 e. The predicted molar refractivity (Wildman–Crippen MR) is 140 cm³/mol. The SMILES string of the molecule is COc1cccc(/C=N/Nc2nc(Nc3ccc([N+](=O)[O-])cc3)nc(Nc3ccc(C)c(C)c3)n2)c1. The fourth-order valence-corrected chi connectivity index (χ4v) is 3.17. The third-order valence-electron chi connectivity index (χ3n) is 5.20. The number of nitro benzene ring substituents is 1. The molecule has 0 aliphatic rings. The fraction of sp³-hybridized carbons (Fsp3) is 0.120. The highest BCUT2D eigenvalue weighted by Crippen LogP contribution is 2.22. The molecule has 11 heteroatoms. The van der Waals surface area contributed by atoms with E-state index >= 15 is 0 Å². The number of methoxy groups -OCH3 is 1. The van der Waals surface area contributed by atoms with Crippen molar-refractivity contribution in [3.8, 4) is 5.75 Å². The second kappa shape index (κ2) is 10.9. The first-order chi connectivity index (χ1) is 17.4. The first-order valence-corrected chi connectivity index (χ1v) is 10.9. The van der Waals surface area contributed by atoms with E-state index in [0.717, 1.165) is 16.8 Å². The van der Waals surface area contributed by atoms with Gasteiger partial charge in [0.25, 0.3) is 5.69 Å². The van der Waals surface area contributed by atoms with Gasteiger partial charge in [0.1, 0.15) is 5.75 Å². The third-order valence-corrected chi connectivity index (χ3v) is 5.20. The van der Waals surface area contributed by atoms with Crippen molar-refractivity contribution in [2.24, 2.45) is 5.10 Å². The minimum absolute atomic E-state index is 0.0115. The summed E-state index contributed by atoms with van der Waals surface area (Å²) < 4.78 is 5.23. The number of rotatable bonds is 9. The Hall–Kier alpha value is -5.06. The van der Waals surface area contributed by atoms with Crippen molar-refractivity contribution in [2.45, 2.75) is 13.8 Å². The molecule has 0 fully saturated rings. The Morgan fingerprint density at radius 2 is 1.53 bits per heavy atom. The normalized spacial score (nSPS) is 10.8. The van der Waals surface area contributed by atoms with E-state index in [9.17, 15) is 10.1 Å². The van der Waals surface area contributed by atoms with Crippen LogP contribution in [0.15, 0.2) is 71.8 Å². The second-order valence-corrected chi connectivity index (χ2v) is 7.81. The van der Waals surface area contributed by atoms with Crippen molar-refractivity contribution in [3.63, 3.8) is 0 Å². The minimum atomic E-state index is -0.458. The van der Waals surface area contributed by atoms with Crippen LogP contribution >= 0.6 is 0 Å². The van der Waals surface area contributed by atoms with Crippen LogP contribution in [0.2, 0.25) is 0 Å². The lowest BCUT2D eigenvalue weighted by Crippen LogP contribution is -2.07. The van der Waals surface area contributed by atoms with Crippen LogP contribution in [0.5, 0.6) is 5.75 Å². The Kier molecular flexibility index (Phi) is 7.30. The van der Waals surface area contributed by atoms with Crippen LogP contribution in [0.4, 0.5) is 34.9 Å². The number of ether oxygens (including phenoxy) is 1. The Labute approximate surface area is 207 Å². The summed E-state index contributed by atoms with van der Waals surface area (Å²) in [7, 11) is 1.60. The Morgan fingerprint density at radius 1 is 0.861 bits per heavy atom. The summed E-state index contributed by atoms with van der Waals surface area (Å²) in [6.07, 6.45) is 1.62. The van der Waals surface area contributed by atoms with Crippen molar-refractivity contribution in [1.29, 1.82) is 0 Å². The van der Waals surface area contributed by atoms with E-state index in [2.05, 4.69) is 36.1 Å². The molecule has 1 heterocycles. The molecule has 1 aromatic heterocycles. The van der Waals surface area contributed by atoms with Gasteiger partial charge in [0, 0.05) is 23.5 Å². The highest BCUT2D eigenvalue weighted by atomic mass is 16.6. The van der Waals surface area contributed by atoms with Gasteiger partial charge < -0.3 is 15.4 Å². The summed E-state index contributed by atoms with van der Waals surface area (Å²) in [5.74, 6) is 1.43. The zero-order chi connectivity index (χ0) is 25.5. The summed E-state index contributed by atoms with van der Waals surface area (Å²) in [4.78, 5) is 23.7. The van der Waals surface area contributed by atoms with Gasteiger partial charge in [0.05, 0.1) is 18.2 Å². The topological polar surface area (TPSA) is 139 Å². The van der Waals surface area contributed by atoms with Crippen molar-refractivity contribution >= 4 is 41.1 Å². The molecule has 0 spiro atoms. The molecule has 0 saturated carbocycles. The molecule has 0 unspecified atom stereocenters. The van der Waals surface area contributed by atoms with E-state index in [4.69, 9.17) is 4.74 Å². The first-order valence-electron chi connectivity index (χ1n) is 10.9. The van der Waals surface area contributed by atoms with Gasteiger partial charge in [-0.15, -0.1) is 0 Å². The quantitative estimate of drug-likeness (QED) is 0.163. The molecule has 3 N–H and O–H groups in total. The summed E-state index contributed by atoms with van der Waals surface area (Å²) in [6, 6.07) is 19.3. The number of benzene rings is 3. The molecule has 11 nitrogen and oxygen atoms in total. The molecule has 4 rings (SSSR count). The maximum absolute atomic E-state index is 10.9. The third kappa shape index (κ3) is 6.29. The van der Waals surface area contributed by atoms with Gasteiger partial charge >= 0.3 is 0 Å². The molecular formula is C25H24N8O3. The van der Waals surface area contributed by atoms with Crippen LogP contribution < -0.4 is 20.8 Å². The van der Waals surface area contributed by atoms with E-state index in [0.29, 0.717) is 11.4 Å². The van der Waals surface area contributed by atoms with Crippen molar-refractivity contribution in [3.05, 3.63) is 93.5 Å². The van der Waals surface area contributed by atoms with E-state index in [1.54, 1.807) is 25.5 Å². The lowest BCUT2D eigenvalue weighted by Gasteiger charge is -2.11.